The van der Waals surface area contributed by atoms with Crippen molar-refractivity contribution in [1.29, 1.82) is 0 Å². The van der Waals surface area contributed by atoms with Crippen molar-refractivity contribution in [3.05, 3.63) is 63.9 Å². The molecule has 1 heterocycles. The molecule has 0 atom stereocenters. The van der Waals surface area contributed by atoms with E-state index in [1.807, 2.05) is 41.8 Å². The number of aromatic nitrogens is 3. The van der Waals surface area contributed by atoms with Crippen LogP contribution in [-0.2, 0) is 4.79 Å². The zero-order valence-corrected chi connectivity index (χ0v) is 16.4. The number of amides is 1. The number of benzene rings is 2. The van der Waals surface area contributed by atoms with Crippen molar-refractivity contribution in [3.63, 3.8) is 0 Å². The van der Waals surface area contributed by atoms with Gasteiger partial charge in [0.25, 0.3) is 0 Å². The van der Waals surface area contributed by atoms with Crippen molar-refractivity contribution in [1.82, 2.24) is 14.8 Å². The van der Waals surface area contributed by atoms with Crippen LogP contribution >= 0.6 is 39.3 Å². The first-order valence-corrected chi connectivity index (χ1v) is 9.53. The second-order valence-electron chi connectivity index (χ2n) is 5.28. The molecule has 0 aliphatic carbocycles. The Morgan fingerprint density at radius 3 is 2.76 bits per heavy atom. The third kappa shape index (κ3) is 4.62. The predicted molar refractivity (Wildman–Crippen MR) is 105 cm³/mol. The summed E-state index contributed by atoms with van der Waals surface area (Å²) < 4.78 is 2.71. The van der Waals surface area contributed by atoms with Crippen LogP contribution in [0.5, 0.6) is 0 Å². The van der Waals surface area contributed by atoms with E-state index in [0.717, 1.165) is 10.2 Å². The second-order valence-corrected chi connectivity index (χ2v) is 7.55. The van der Waals surface area contributed by atoms with Crippen LogP contribution in [0.1, 0.15) is 5.56 Å². The fourth-order valence-electron chi connectivity index (χ4n) is 2.11. The van der Waals surface area contributed by atoms with Gasteiger partial charge in [-0.25, -0.2) is 0 Å². The zero-order chi connectivity index (χ0) is 17.8. The Kier molecular flexibility index (Phi) is 5.78. The molecular weight excluding hydrogens is 424 g/mol. The van der Waals surface area contributed by atoms with Crippen LogP contribution in [0.3, 0.4) is 0 Å². The monoisotopic (exact) mass is 436 g/mol. The van der Waals surface area contributed by atoms with Crippen LogP contribution in [0.15, 0.2) is 58.4 Å². The standard InChI is InChI=1S/C17H14BrClN4OS/c1-11-2-5-13(6-3-11)23-10-20-22-17(23)25-9-16(24)21-15-7-4-12(18)8-14(15)19/h2-8,10H,9H2,1H3,(H,21,24). The van der Waals surface area contributed by atoms with Crippen molar-refractivity contribution in [3.8, 4) is 5.69 Å². The molecular formula is C17H14BrClN4OS. The van der Waals surface area contributed by atoms with E-state index in [9.17, 15) is 4.79 Å². The number of nitrogens with one attached hydrogen (secondary N) is 1. The minimum atomic E-state index is -0.160. The SMILES string of the molecule is Cc1ccc(-n2cnnc2SCC(=O)Nc2ccc(Br)cc2Cl)cc1. The molecule has 25 heavy (non-hydrogen) atoms. The van der Waals surface area contributed by atoms with Crippen LogP contribution in [-0.4, -0.2) is 26.4 Å². The Labute approximate surface area is 162 Å². The van der Waals surface area contributed by atoms with Crippen molar-refractivity contribution in [2.75, 3.05) is 11.1 Å². The molecule has 8 heteroatoms. The van der Waals surface area contributed by atoms with Gasteiger partial charge >= 0.3 is 0 Å². The molecule has 1 aromatic heterocycles. The molecule has 0 fully saturated rings. The lowest BCUT2D eigenvalue weighted by Crippen LogP contribution is -2.14. The molecule has 0 unspecified atom stereocenters. The maximum Gasteiger partial charge on any atom is 0.234 e. The molecule has 128 valence electrons. The fraction of sp³-hybridized carbons (Fsp3) is 0.118. The number of thioether (sulfide) groups is 1. The summed E-state index contributed by atoms with van der Waals surface area (Å²) in [5.74, 6) is 0.0457. The Hall–Kier alpha value is -1.83. The predicted octanol–water partition coefficient (Wildman–Crippen LogP) is 4.72. The first-order chi connectivity index (χ1) is 12.0. The molecule has 0 saturated carbocycles. The van der Waals surface area contributed by atoms with E-state index in [1.54, 1.807) is 18.5 Å². The van der Waals surface area contributed by atoms with E-state index in [4.69, 9.17) is 11.6 Å². The summed E-state index contributed by atoms with van der Waals surface area (Å²) in [7, 11) is 0. The topological polar surface area (TPSA) is 59.8 Å². The van der Waals surface area contributed by atoms with Gasteiger partial charge in [-0.05, 0) is 37.3 Å². The number of hydrogen-bond acceptors (Lipinski definition) is 4. The molecule has 3 aromatic rings. The Morgan fingerprint density at radius 2 is 2.04 bits per heavy atom. The van der Waals surface area contributed by atoms with Gasteiger partial charge in [0.1, 0.15) is 6.33 Å². The zero-order valence-electron chi connectivity index (χ0n) is 13.2. The number of anilines is 1. The van der Waals surface area contributed by atoms with Crippen LogP contribution < -0.4 is 5.32 Å². The lowest BCUT2D eigenvalue weighted by Gasteiger charge is -2.08. The van der Waals surface area contributed by atoms with Crippen molar-refractivity contribution in [2.45, 2.75) is 12.1 Å². The Bertz CT molecular complexity index is 898. The summed E-state index contributed by atoms with van der Waals surface area (Å²) in [4.78, 5) is 12.2. The molecule has 0 bridgehead atoms. The van der Waals surface area contributed by atoms with E-state index in [1.165, 1.54) is 17.3 Å². The molecule has 0 aliphatic heterocycles. The number of rotatable bonds is 5. The molecule has 5 nitrogen and oxygen atoms in total. The average Bonchev–Trinajstić information content (AvgIpc) is 3.05. The van der Waals surface area contributed by atoms with E-state index < -0.39 is 0 Å². The largest absolute Gasteiger partial charge is 0.324 e. The van der Waals surface area contributed by atoms with Gasteiger partial charge in [-0.3, -0.25) is 9.36 Å². The highest BCUT2D eigenvalue weighted by molar-refractivity contribution is 9.10. The summed E-state index contributed by atoms with van der Waals surface area (Å²) in [5.41, 5.74) is 2.71. The van der Waals surface area contributed by atoms with E-state index in [0.29, 0.717) is 15.9 Å². The van der Waals surface area contributed by atoms with Crippen LogP contribution in [0.4, 0.5) is 5.69 Å². The van der Waals surface area contributed by atoms with E-state index >= 15 is 0 Å². The molecule has 1 amide bonds. The molecule has 0 radical (unpaired) electrons. The Balaban J connectivity index is 1.65. The smallest absolute Gasteiger partial charge is 0.234 e. The van der Waals surface area contributed by atoms with Crippen molar-refractivity contribution >= 4 is 50.9 Å². The highest BCUT2D eigenvalue weighted by Gasteiger charge is 2.11. The number of aryl methyl sites for hydroxylation is 1. The van der Waals surface area contributed by atoms with E-state index in [-0.39, 0.29) is 11.7 Å². The second kappa shape index (κ2) is 8.03. The normalized spacial score (nSPS) is 10.7. The summed E-state index contributed by atoms with van der Waals surface area (Å²) in [6.45, 7) is 2.03. The maximum atomic E-state index is 12.2. The van der Waals surface area contributed by atoms with Gasteiger partial charge in [-0.15, -0.1) is 10.2 Å². The van der Waals surface area contributed by atoms with Gasteiger partial charge in [-0.2, -0.15) is 0 Å². The van der Waals surface area contributed by atoms with Gasteiger partial charge in [0.2, 0.25) is 5.91 Å². The van der Waals surface area contributed by atoms with E-state index in [2.05, 4.69) is 31.4 Å². The molecule has 0 saturated heterocycles. The number of hydrogen-bond donors (Lipinski definition) is 1. The van der Waals surface area contributed by atoms with Gasteiger partial charge in [0.15, 0.2) is 5.16 Å². The summed E-state index contributed by atoms with van der Waals surface area (Å²) >= 11 is 10.8. The molecule has 2 aromatic carbocycles. The minimum absolute atomic E-state index is 0.160. The van der Waals surface area contributed by atoms with Gasteiger partial charge in [-0.1, -0.05) is 57.0 Å². The average molecular weight is 438 g/mol. The summed E-state index contributed by atoms with van der Waals surface area (Å²) in [6.07, 6.45) is 1.64. The van der Waals surface area contributed by atoms with Gasteiger partial charge < -0.3 is 5.32 Å². The van der Waals surface area contributed by atoms with Crippen molar-refractivity contribution < 1.29 is 4.79 Å². The van der Waals surface area contributed by atoms with Crippen molar-refractivity contribution in [2.24, 2.45) is 0 Å². The summed E-state index contributed by atoms with van der Waals surface area (Å²) in [5, 5.41) is 12.0. The van der Waals surface area contributed by atoms with Crippen LogP contribution in [0.2, 0.25) is 5.02 Å². The number of carbonyl (C=O) groups excluding carboxylic acids is 1. The molecule has 3 rings (SSSR count). The van der Waals surface area contributed by atoms with Gasteiger partial charge in [0.05, 0.1) is 16.5 Å². The fourth-order valence-corrected chi connectivity index (χ4v) is 3.56. The maximum absolute atomic E-state index is 12.2. The lowest BCUT2D eigenvalue weighted by molar-refractivity contribution is -0.113. The molecule has 1 N–H and O–H groups in total. The van der Waals surface area contributed by atoms with Crippen LogP contribution in [0, 0.1) is 6.92 Å². The minimum Gasteiger partial charge on any atom is -0.324 e. The van der Waals surface area contributed by atoms with Crippen LogP contribution in [0.25, 0.3) is 5.69 Å². The third-order valence-corrected chi connectivity index (χ3v) is 5.12. The number of carbonyl (C=O) groups is 1. The first kappa shape index (κ1) is 18.0. The third-order valence-electron chi connectivity index (χ3n) is 3.37. The number of nitrogens with zero attached hydrogens (tertiary/aromatic N) is 3. The Morgan fingerprint density at radius 1 is 1.28 bits per heavy atom. The first-order valence-electron chi connectivity index (χ1n) is 7.38. The highest BCUT2D eigenvalue weighted by Crippen LogP contribution is 2.26. The molecule has 0 spiro atoms. The quantitative estimate of drug-likeness (QED) is 0.587. The van der Waals surface area contributed by atoms with Gasteiger partial charge in [0, 0.05) is 10.2 Å². The highest BCUT2D eigenvalue weighted by atomic mass is 79.9. The number of halogens is 2. The molecule has 0 aliphatic rings. The summed E-state index contributed by atoms with van der Waals surface area (Å²) in [6, 6.07) is 13.3. The lowest BCUT2D eigenvalue weighted by atomic mass is 10.2.